The molecule has 1 amide bonds. The molecule has 0 fully saturated rings. The molecule has 0 radical (unpaired) electrons. The van der Waals surface area contributed by atoms with Crippen LogP contribution in [0.2, 0.25) is 5.02 Å². The monoisotopic (exact) mass is 397 g/mol. The van der Waals surface area contributed by atoms with Gasteiger partial charge in [-0.25, -0.2) is 4.79 Å². The average molecular weight is 398 g/mol. The van der Waals surface area contributed by atoms with Crippen LogP contribution in [0.5, 0.6) is 0 Å². The van der Waals surface area contributed by atoms with E-state index in [1.807, 2.05) is 63.2 Å². The highest BCUT2D eigenvalue weighted by atomic mass is 35.5. The summed E-state index contributed by atoms with van der Waals surface area (Å²) in [6.07, 6.45) is -0.0206. The second-order valence-electron chi connectivity index (χ2n) is 7.23. The summed E-state index contributed by atoms with van der Waals surface area (Å²) in [6, 6.07) is 17.0. The van der Waals surface area contributed by atoms with Crippen molar-refractivity contribution < 1.29 is 14.3 Å². The molecule has 0 saturated carbocycles. The van der Waals surface area contributed by atoms with E-state index in [9.17, 15) is 9.59 Å². The summed E-state index contributed by atoms with van der Waals surface area (Å²) in [5.41, 5.74) is 3.07. The number of allylic oxidation sites excluding steroid dienone is 1. The second-order valence-corrected chi connectivity index (χ2v) is 7.66. The molecule has 0 spiro atoms. The minimum Gasteiger partial charge on any atom is -0.460 e. The molecule has 5 heteroatoms. The molecule has 1 heterocycles. The van der Waals surface area contributed by atoms with Gasteiger partial charge in [0.25, 0.3) is 0 Å². The number of amides is 1. The molecule has 0 saturated heterocycles. The highest BCUT2D eigenvalue weighted by Gasteiger charge is 2.37. The molecular weight excluding hydrogens is 374 g/mol. The van der Waals surface area contributed by atoms with Crippen LogP contribution in [0.3, 0.4) is 0 Å². The van der Waals surface area contributed by atoms with Crippen molar-refractivity contribution in [2.45, 2.75) is 45.8 Å². The summed E-state index contributed by atoms with van der Waals surface area (Å²) in [5, 5.41) is 0.614. The summed E-state index contributed by atoms with van der Waals surface area (Å²) in [5.74, 6) is -0.733. The number of carbonyl (C=O) groups is 2. The molecule has 2 aromatic carbocycles. The van der Waals surface area contributed by atoms with Gasteiger partial charge in [-0.3, -0.25) is 4.79 Å². The zero-order valence-corrected chi connectivity index (χ0v) is 17.1. The number of rotatable bonds is 5. The Morgan fingerprint density at radius 3 is 2.39 bits per heavy atom. The van der Waals surface area contributed by atoms with E-state index >= 15 is 0 Å². The van der Waals surface area contributed by atoms with Gasteiger partial charge in [0.05, 0.1) is 18.2 Å². The van der Waals surface area contributed by atoms with Gasteiger partial charge in [0.15, 0.2) is 0 Å². The third-order valence-electron chi connectivity index (χ3n) is 4.84. The Morgan fingerprint density at radius 1 is 1.14 bits per heavy atom. The number of halogens is 1. The van der Waals surface area contributed by atoms with Crippen LogP contribution in [0, 0.1) is 0 Å². The smallest absolute Gasteiger partial charge is 0.336 e. The number of benzene rings is 2. The maximum Gasteiger partial charge on any atom is 0.336 e. The van der Waals surface area contributed by atoms with Crippen LogP contribution in [-0.2, 0) is 20.9 Å². The van der Waals surface area contributed by atoms with E-state index in [0.29, 0.717) is 22.8 Å². The fraction of sp³-hybridized carbons (Fsp3) is 0.304. The first-order valence-electron chi connectivity index (χ1n) is 9.38. The summed E-state index contributed by atoms with van der Waals surface area (Å²) >= 11 is 6.01. The normalized spacial score (nSPS) is 17.2. The molecule has 4 nitrogen and oxygen atoms in total. The van der Waals surface area contributed by atoms with Crippen molar-refractivity contribution in [1.29, 1.82) is 0 Å². The molecule has 146 valence electrons. The van der Waals surface area contributed by atoms with Gasteiger partial charge in [-0.15, -0.1) is 0 Å². The predicted molar refractivity (Wildman–Crippen MR) is 110 cm³/mol. The largest absolute Gasteiger partial charge is 0.460 e. The van der Waals surface area contributed by atoms with Crippen molar-refractivity contribution in [3.63, 3.8) is 0 Å². The van der Waals surface area contributed by atoms with E-state index in [0.717, 1.165) is 11.1 Å². The fourth-order valence-corrected chi connectivity index (χ4v) is 3.62. The molecule has 0 aliphatic carbocycles. The standard InChI is InChI=1S/C23H24ClNO3/c1-15(2)28-23(27)22-16(3)25(14-17-7-5-4-6-8-17)21(26)13-20(22)18-9-11-19(24)12-10-18/h4-12,15,20H,13-14H2,1-3H3. The van der Waals surface area contributed by atoms with Crippen LogP contribution in [0.15, 0.2) is 65.9 Å². The summed E-state index contributed by atoms with van der Waals surface area (Å²) in [6.45, 7) is 5.89. The van der Waals surface area contributed by atoms with Gasteiger partial charge in [0.2, 0.25) is 5.91 Å². The van der Waals surface area contributed by atoms with Gasteiger partial charge >= 0.3 is 5.97 Å². The quantitative estimate of drug-likeness (QED) is 0.661. The van der Waals surface area contributed by atoms with Crippen LogP contribution in [-0.4, -0.2) is 22.9 Å². The highest BCUT2D eigenvalue weighted by Crippen LogP contribution is 2.38. The number of ether oxygens (including phenoxy) is 1. The lowest BCUT2D eigenvalue weighted by Crippen LogP contribution is -2.38. The van der Waals surface area contributed by atoms with Crippen molar-refractivity contribution in [3.05, 3.63) is 82.0 Å². The van der Waals surface area contributed by atoms with Crippen LogP contribution in [0.4, 0.5) is 0 Å². The van der Waals surface area contributed by atoms with Crippen LogP contribution in [0.1, 0.15) is 44.2 Å². The van der Waals surface area contributed by atoms with E-state index in [-0.39, 0.29) is 30.3 Å². The maximum atomic E-state index is 13.0. The van der Waals surface area contributed by atoms with Gasteiger partial charge in [0.1, 0.15) is 0 Å². The Hall–Kier alpha value is -2.59. The number of nitrogens with zero attached hydrogens (tertiary/aromatic N) is 1. The van der Waals surface area contributed by atoms with E-state index in [1.165, 1.54) is 0 Å². The Labute approximate surface area is 170 Å². The summed E-state index contributed by atoms with van der Waals surface area (Å²) in [4.78, 5) is 27.6. The zero-order valence-electron chi connectivity index (χ0n) is 16.3. The van der Waals surface area contributed by atoms with E-state index in [1.54, 1.807) is 17.0 Å². The first-order chi connectivity index (χ1) is 13.4. The Kier molecular flexibility index (Phi) is 6.20. The molecule has 3 rings (SSSR count). The van der Waals surface area contributed by atoms with Gasteiger partial charge in [-0.05, 0) is 44.0 Å². The van der Waals surface area contributed by atoms with Crippen LogP contribution < -0.4 is 0 Å². The predicted octanol–water partition coefficient (Wildman–Crippen LogP) is 5.08. The molecule has 1 aliphatic heterocycles. The van der Waals surface area contributed by atoms with E-state index in [4.69, 9.17) is 16.3 Å². The number of hydrogen-bond donors (Lipinski definition) is 0. The minimum absolute atomic E-state index is 0.0117. The Balaban J connectivity index is 2.02. The third-order valence-corrected chi connectivity index (χ3v) is 5.09. The van der Waals surface area contributed by atoms with Gasteiger partial charge in [-0.1, -0.05) is 54.1 Å². The van der Waals surface area contributed by atoms with Gasteiger partial charge < -0.3 is 9.64 Å². The highest BCUT2D eigenvalue weighted by molar-refractivity contribution is 6.30. The molecular formula is C23H24ClNO3. The fourth-order valence-electron chi connectivity index (χ4n) is 3.49. The first kappa shape index (κ1) is 20.2. The molecule has 1 unspecified atom stereocenters. The molecule has 0 bridgehead atoms. The molecule has 0 aromatic heterocycles. The van der Waals surface area contributed by atoms with E-state index < -0.39 is 0 Å². The van der Waals surface area contributed by atoms with Crippen LogP contribution >= 0.6 is 11.6 Å². The molecule has 2 aromatic rings. The Bertz CT molecular complexity index is 888. The van der Waals surface area contributed by atoms with E-state index in [2.05, 4.69) is 0 Å². The topological polar surface area (TPSA) is 46.6 Å². The third kappa shape index (κ3) is 4.45. The summed E-state index contributed by atoms with van der Waals surface area (Å²) < 4.78 is 5.51. The number of esters is 1. The first-order valence-corrected chi connectivity index (χ1v) is 9.76. The second kappa shape index (κ2) is 8.61. The SMILES string of the molecule is CC1=C(C(=O)OC(C)C)C(c2ccc(Cl)cc2)CC(=O)N1Cc1ccccc1. The van der Waals surface area contributed by atoms with Gasteiger partial charge in [-0.2, -0.15) is 0 Å². The van der Waals surface area contributed by atoms with Crippen molar-refractivity contribution in [3.8, 4) is 0 Å². The lowest BCUT2D eigenvalue weighted by atomic mass is 9.83. The summed E-state index contributed by atoms with van der Waals surface area (Å²) in [7, 11) is 0. The zero-order chi connectivity index (χ0) is 20.3. The van der Waals surface area contributed by atoms with Gasteiger partial charge in [0, 0.05) is 23.1 Å². The van der Waals surface area contributed by atoms with Crippen molar-refractivity contribution in [1.82, 2.24) is 4.90 Å². The molecule has 0 N–H and O–H groups in total. The maximum absolute atomic E-state index is 13.0. The molecule has 28 heavy (non-hydrogen) atoms. The van der Waals surface area contributed by atoms with Crippen molar-refractivity contribution in [2.75, 3.05) is 0 Å². The van der Waals surface area contributed by atoms with Crippen molar-refractivity contribution >= 4 is 23.5 Å². The van der Waals surface area contributed by atoms with Crippen LogP contribution in [0.25, 0.3) is 0 Å². The lowest BCUT2D eigenvalue weighted by molar-refractivity contribution is -0.143. The Morgan fingerprint density at radius 2 is 1.79 bits per heavy atom. The number of hydrogen-bond acceptors (Lipinski definition) is 3. The molecule has 1 aliphatic rings. The molecule has 1 atom stereocenters. The number of carbonyl (C=O) groups excluding carboxylic acids is 2. The van der Waals surface area contributed by atoms with Crippen molar-refractivity contribution in [2.24, 2.45) is 0 Å². The lowest BCUT2D eigenvalue weighted by Gasteiger charge is -2.34. The minimum atomic E-state index is -0.377. The average Bonchev–Trinajstić information content (AvgIpc) is 2.65.